The van der Waals surface area contributed by atoms with Crippen LogP contribution in [0.2, 0.25) is 0 Å². The lowest BCUT2D eigenvalue weighted by Gasteiger charge is -2.32. The zero-order valence-electron chi connectivity index (χ0n) is 8.60. The van der Waals surface area contributed by atoms with Crippen molar-refractivity contribution in [2.75, 3.05) is 40.5 Å². The second kappa shape index (κ2) is 5.94. The molecular formula is C9H16N2O3. The van der Waals surface area contributed by atoms with Crippen LogP contribution in [-0.2, 0) is 14.2 Å². The van der Waals surface area contributed by atoms with Crippen molar-refractivity contribution in [1.29, 1.82) is 5.26 Å². The molecule has 0 spiro atoms. The summed E-state index contributed by atoms with van der Waals surface area (Å²) in [6.07, 6.45) is -0.274. The summed E-state index contributed by atoms with van der Waals surface area (Å²) in [6.45, 7) is 2.49. The first-order chi connectivity index (χ1) is 6.81. The minimum absolute atomic E-state index is 0.184. The van der Waals surface area contributed by atoms with Gasteiger partial charge in [-0.25, -0.2) is 0 Å². The molecule has 14 heavy (non-hydrogen) atoms. The van der Waals surface area contributed by atoms with E-state index in [9.17, 15) is 0 Å². The summed E-state index contributed by atoms with van der Waals surface area (Å²) in [5.74, 6) is 0. The van der Waals surface area contributed by atoms with Gasteiger partial charge in [-0.1, -0.05) is 0 Å². The molecule has 0 N–H and O–H groups in total. The smallest absolute Gasteiger partial charge is 0.169 e. The molecule has 1 aliphatic heterocycles. The summed E-state index contributed by atoms with van der Waals surface area (Å²) in [6, 6.07) is 2.01. The summed E-state index contributed by atoms with van der Waals surface area (Å²) in [5, 5.41) is 8.87. The van der Waals surface area contributed by atoms with E-state index in [0.717, 1.165) is 6.54 Å². The maximum absolute atomic E-state index is 8.87. The van der Waals surface area contributed by atoms with Crippen LogP contribution in [0.4, 0.5) is 0 Å². The predicted octanol–water partition coefficient (Wildman–Crippen LogP) is -0.170. The van der Waals surface area contributed by atoms with Gasteiger partial charge >= 0.3 is 0 Å². The number of methoxy groups -OCH3 is 2. The molecule has 0 aromatic heterocycles. The Hall–Kier alpha value is -0.670. The van der Waals surface area contributed by atoms with E-state index in [2.05, 4.69) is 6.07 Å². The summed E-state index contributed by atoms with van der Waals surface area (Å²) in [5.41, 5.74) is 0. The third kappa shape index (κ3) is 2.93. The van der Waals surface area contributed by atoms with Crippen LogP contribution >= 0.6 is 0 Å². The van der Waals surface area contributed by atoms with Gasteiger partial charge in [-0.15, -0.1) is 0 Å². The highest BCUT2D eigenvalue weighted by molar-refractivity contribution is 4.93. The van der Waals surface area contributed by atoms with E-state index in [1.165, 1.54) is 0 Å². The maximum Gasteiger partial charge on any atom is 0.169 e. The van der Waals surface area contributed by atoms with Crippen LogP contribution in [0, 0.1) is 11.3 Å². The van der Waals surface area contributed by atoms with Gasteiger partial charge in [-0.05, 0) is 0 Å². The largest absolute Gasteiger partial charge is 0.377 e. The Morgan fingerprint density at radius 2 is 2.29 bits per heavy atom. The summed E-state index contributed by atoms with van der Waals surface area (Å²) in [7, 11) is 3.19. The van der Waals surface area contributed by atoms with E-state index in [-0.39, 0.29) is 12.3 Å². The monoisotopic (exact) mass is 200 g/mol. The van der Waals surface area contributed by atoms with Crippen LogP contribution in [0.3, 0.4) is 0 Å². The van der Waals surface area contributed by atoms with Crippen molar-refractivity contribution in [2.24, 2.45) is 0 Å². The van der Waals surface area contributed by atoms with Crippen molar-refractivity contribution >= 4 is 0 Å². The zero-order chi connectivity index (χ0) is 10.4. The third-order valence-electron chi connectivity index (χ3n) is 2.30. The summed E-state index contributed by atoms with van der Waals surface area (Å²) >= 11 is 0. The molecule has 0 aliphatic carbocycles. The van der Waals surface area contributed by atoms with Crippen molar-refractivity contribution < 1.29 is 14.2 Å². The zero-order valence-corrected chi connectivity index (χ0v) is 8.60. The average Bonchev–Trinajstić information content (AvgIpc) is 2.26. The number of ether oxygens (including phenoxy) is 3. The fourth-order valence-corrected chi connectivity index (χ4v) is 1.41. The molecule has 1 rings (SSSR count). The number of hydrogen-bond donors (Lipinski definition) is 0. The molecule has 1 fully saturated rings. The van der Waals surface area contributed by atoms with Crippen LogP contribution in [0.25, 0.3) is 0 Å². The first kappa shape index (κ1) is 11.4. The molecule has 1 atom stereocenters. The van der Waals surface area contributed by atoms with Gasteiger partial charge in [-0.2, -0.15) is 5.26 Å². The maximum atomic E-state index is 8.87. The number of morpholine rings is 1. The molecule has 0 aromatic carbocycles. The van der Waals surface area contributed by atoms with E-state index in [0.29, 0.717) is 19.8 Å². The fraction of sp³-hybridized carbons (Fsp3) is 0.889. The molecule has 0 amide bonds. The lowest BCUT2D eigenvalue weighted by atomic mass is 10.2. The number of nitriles is 1. The van der Waals surface area contributed by atoms with Crippen molar-refractivity contribution in [3.63, 3.8) is 0 Å². The van der Waals surface area contributed by atoms with E-state index in [1.807, 2.05) is 4.90 Å². The predicted molar refractivity (Wildman–Crippen MR) is 49.6 cm³/mol. The Morgan fingerprint density at radius 1 is 1.57 bits per heavy atom. The van der Waals surface area contributed by atoms with Crippen molar-refractivity contribution in [3.8, 4) is 6.07 Å². The standard InChI is InChI=1S/C9H16N2O3/c1-12-9(13-2)6-11-3-4-14-7-8(11)5-10/h8-9H,3-4,6-7H2,1-2H3/t8-/m0/s1. The van der Waals surface area contributed by atoms with E-state index >= 15 is 0 Å². The Kier molecular flexibility index (Phi) is 4.84. The molecule has 0 unspecified atom stereocenters. The summed E-state index contributed by atoms with van der Waals surface area (Å²) in [4.78, 5) is 2.02. The van der Waals surface area contributed by atoms with Gasteiger partial charge in [0.15, 0.2) is 6.29 Å². The lowest BCUT2D eigenvalue weighted by Crippen LogP contribution is -2.48. The Labute approximate surface area is 84.1 Å². The number of hydrogen-bond acceptors (Lipinski definition) is 5. The molecule has 5 nitrogen and oxygen atoms in total. The van der Waals surface area contributed by atoms with Crippen LogP contribution in [-0.4, -0.2) is 57.8 Å². The van der Waals surface area contributed by atoms with Crippen molar-refractivity contribution in [2.45, 2.75) is 12.3 Å². The molecule has 0 saturated carbocycles. The fourth-order valence-electron chi connectivity index (χ4n) is 1.41. The number of nitrogens with zero attached hydrogens (tertiary/aromatic N) is 2. The second-order valence-corrected chi connectivity index (χ2v) is 3.12. The highest BCUT2D eigenvalue weighted by atomic mass is 16.7. The molecule has 1 aliphatic rings. The Morgan fingerprint density at radius 3 is 2.86 bits per heavy atom. The lowest BCUT2D eigenvalue weighted by molar-refractivity contribution is -0.128. The van der Waals surface area contributed by atoms with E-state index < -0.39 is 0 Å². The third-order valence-corrected chi connectivity index (χ3v) is 2.30. The molecular weight excluding hydrogens is 184 g/mol. The quantitative estimate of drug-likeness (QED) is 0.590. The molecule has 80 valence electrons. The van der Waals surface area contributed by atoms with Crippen LogP contribution in [0.15, 0.2) is 0 Å². The van der Waals surface area contributed by atoms with Gasteiger partial charge in [0.1, 0.15) is 6.04 Å². The first-order valence-electron chi connectivity index (χ1n) is 4.58. The van der Waals surface area contributed by atoms with E-state index in [4.69, 9.17) is 19.5 Å². The molecule has 0 aromatic rings. The number of rotatable bonds is 4. The topological polar surface area (TPSA) is 54.7 Å². The van der Waals surface area contributed by atoms with Crippen molar-refractivity contribution in [3.05, 3.63) is 0 Å². The Balaban J connectivity index is 2.44. The normalized spacial score (nSPS) is 23.7. The molecule has 1 saturated heterocycles. The molecule has 1 heterocycles. The van der Waals surface area contributed by atoms with Gasteiger partial charge in [0.25, 0.3) is 0 Å². The second-order valence-electron chi connectivity index (χ2n) is 3.12. The van der Waals surface area contributed by atoms with Gasteiger partial charge in [0.05, 0.1) is 25.8 Å². The molecule has 0 radical (unpaired) electrons. The van der Waals surface area contributed by atoms with Gasteiger partial charge in [0.2, 0.25) is 0 Å². The van der Waals surface area contributed by atoms with Crippen LogP contribution in [0.1, 0.15) is 0 Å². The van der Waals surface area contributed by atoms with Gasteiger partial charge < -0.3 is 14.2 Å². The SMILES string of the molecule is COC(CN1CCOC[C@@H]1C#N)OC. The van der Waals surface area contributed by atoms with Crippen LogP contribution < -0.4 is 0 Å². The van der Waals surface area contributed by atoms with Gasteiger partial charge in [0, 0.05) is 20.8 Å². The summed E-state index contributed by atoms with van der Waals surface area (Å²) < 4.78 is 15.4. The minimum Gasteiger partial charge on any atom is -0.377 e. The molecule has 5 heteroatoms. The first-order valence-corrected chi connectivity index (χ1v) is 4.58. The highest BCUT2D eigenvalue weighted by Gasteiger charge is 2.24. The van der Waals surface area contributed by atoms with Crippen molar-refractivity contribution in [1.82, 2.24) is 4.90 Å². The highest BCUT2D eigenvalue weighted by Crippen LogP contribution is 2.07. The Bertz CT molecular complexity index is 201. The van der Waals surface area contributed by atoms with E-state index in [1.54, 1.807) is 14.2 Å². The minimum atomic E-state index is -0.274. The van der Waals surface area contributed by atoms with Crippen LogP contribution in [0.5, 0.6) is 0 Å². The van der Waals surface area contributed by atoms with Gasteiger partial charge in [-0.3, -0.25) is 4.90 Å². The average molecular weight is 200 g/mol. The molecule has 0 bridgehead atoms.